The molecule has 0 atom stereocenters. The number of hydrogen-bond acceptors (Lipinski definition) is 2. The monoisotopic (exact) mass is 192 g/mol. The minimum atomic E-state index is -0.201. The molecule has 0 aliphatic heterocycles. The minimum absolute atomic E-state index is 0.186. The topological polar surface area (TPSA) is 34.1 Å². The number of carbonyl (C=O) groups is 1. The molecule has 0 radical (unpaired) electrons. The maximum absolute atomic E-state index is 11.3. The largest absolute Gasteiger partial charge is 0.290 e. The van der Waals surface area contributed by atoms with Gasteiger partial charge in [0, 0.05) is 17.2 Å². The smallest absolute Gasteiger partial charge is 0.188 e. The summed E-state index contributed by atoms with van der Waals surface area (Å²) < 4.78 is 0. The van der Waals surface area contributed by atoms with E-state index in [1.54, 1.807) is 12.1 Å². The Hall–Kier alpha value is -1.41. The van der Waals surface area contributed by atoms with Gasteiger partial charge in [-0.05, 0) is 12.1 Å². The molecule has 0 amide bonds. The predicted octanol–water partition coefficient (Wildman–Crippen LogP) is 1.82. The lowest BCUT2D eigenvalue weighted by molar-refractivity contribution is 0.105. The number of fused-ring (bicyclic) bond motifs is 1. The minimum Gasteiger partial charge on any atom is -0.290 e. The van der Waals surface area contributed by atoms with Crippen molar-refractivity contribution in [1.82, 2.24) is 0 Å². The molecule has 0 aromatic heterocycles. The summed E-state index contributed by atoms with van der Waals surface area (Å²) in [4.78, 5) is 22.3. The van der Waals surface area contributed by atoms with E-state index in [2.05, 4.69) is 0 Å². The van der Waals surface area contributed by atoms with Gasteiger partial charge in [-0.25, -0.2) is 0 Å². The molecule has 0 spiro atoms. The molecule has 3 heteroatoms. The zero-order valence-corrected chi connectivity index (χ0v) is 7.34. The molecule has 0 unspecified atom stereocenters. The van der Waals surface area contributed by atoms with Crippen LogP contribution >= 0.6 is 11.6 Å². The van der Waals surface area contributed by atoms with E-state index in [0.717, 1.165) is 0 Å². The van der Waals surface area contributed by atoms with Crippen molar-refractivity contribution in [1.29, 1.82) is 0 Å². The first-order valence-electron chi connectivity index (χ1n) is 3.75. The molecule has 0 saturated carbocycles. The van der Waals surface area contributed by atoms with E-state index < -0.39 is 0 Å². The third kappa shape index (κ3) is 1.29. The molecule has 0 bridgehead atoms. The summed E-state index contributed by atoms with van der Waals surface area (Å²) in [7, 11) is 0. The van der Waals surface area contributed by atoms with Gasteiger partial charge in [0.05, 0.1) is 5.03 Å². The van der Waals surface area contributed by atoms with Gasteiger partial charge < -0.3 is 0 Å². The van der Waals surface area contributed by atoms with Crippen LogP contribution in [0.25, 0.3) is 5.03 Å². The first kappa shape index (κ1) is 8.20. The molecule has 0 heterocycles. The highest BCUT2D eigenvalue weighted by Gasteiger charge is 2.18. The number of rotatable bonds is 0. The van der Waals surface area contributed by atoms with Crippen molar-refractivity contribution in [3.63, 3.8) is 0 Å². The lowest BCUT2D eigenvalue weighted by Gasteiger charge is -1.89. The van der Waals surface area contributed by atoms with E-state index in [1.165, 1.54) is 18.2 Å². The Labute approximate surface area is 79.5 Å². The molecule has 0 saturated heterocycles. The van der Waals surface area contributed by atoms with Crippen molar-refractivity contribution < 1.29 is 4.79 Å². The molecule has 0 N–H and O–H groups in total. The number of ketones is 1. The van der Waals surface area contributed by atoms with Crippen LogP contribution in [0.15, 0.2) is 35.1 Å². The second-order valence-electron chi connectivity index (χ2n) is 2.76. The molecule has 1 aliphatic carbocycles. The Morgan fingerprint density at radius 2 is 1.85 bits per heavy atom. The lowest BCUT2D eigenvalue weighted by Crippen LogP contribution is -1.96. The van der Waals surface area contributed by atoms with Gasteiger partial charge in [-0.2, -0.15) is 0 Å². The summed E-state index contributed by atoms with van der Waals surface area (Å²) in [6.45, 7) is 0. The Morgan fingerprint density at radius 1 is 1.08 bits per heavy atom. The average molecular weight is 193 g/mol. The number of carbonyl (C=O) groups excluding carboxylic acids is 1. The fourth-order valence-corrected chi connectivity index (χ4v) is 1.54. The second-order valence-corrected chi connectivity index (χ2v) is 3.16. The summed E-state index contributed by atoms with van der Waals surface area (Å²) in [5.41, 5.74) is 0.836. The second kappa shape index (κ2) is 2.82. The Balaban J connectivity index is 2.83. The van der Waals surface area contributed by atoms with Crippen LogP contribution in [0, 0.1) is 0 Å². The van der Waals surface area contributed by atoms with E-state index in [1.807, 2.05) is 0 Å². The number of hydrogen-bond donors (Lipinski definition) is 0. The highest BCUT2D eigenvalue weighted by Crippen LogP contribution is 2.28. The standard InChI is InChI=1S/C10H5ClO2/c11-9-5-10(13)8-4-6(12)2-1-3-7(8)9/h1-5H. The molecular weight excluding hydrogens is 188 g/mol. The van der Waals surface area contributed by atoms with Crippen molar-refractivity contribution in [2.45, 2.75) is 0 Å². The van der Waals surface area contributed by atoms with Crippen LogP contribution in [0.4, 0.5) is 0 Å². The first-order chi connectivity index (χ1) is 6.18. The van der Waals surface area contributed by atoms with Gasteiger partial charge >= 0.3 is 0 Å². The van der Waals surface area contributed by atoms with Crippen molar-refractivity contribution in [3.8, 4) is 0 Å². The Kier molecular flexibility index (Phi) is 1.78. The number of allylic oxidation sites excluding steroid dienone is 1. The lowest BCUT2D eigenvalue weighted by atomic mass is 10.2. The number of halogens is 1. The molecule has 1 aromatic carbocycles. The van der Waals surface area contributed by atoms with Gasteiger partial charge in [0.15, 0.2) is 11.2 Å². The maximum atomic E-state index is 11.3. The van der Waals surface area contributed by atoms with Crippen molar-refractivity contribution in [3.05, 3.63) is 51.7 Å². The zero-order valence-electron chi connectivity index (χ0n) is 6.58. The van der Waals surface area contributed by atoms with Crippen LogP contribution in [0.5, 0.6) is 0 Å². The Bertz CT molecular complexity index is 475. The fraction of sp³-hybridized carbons (Fsp3) is 0. The SMILES string of the molecule is O=C1C=C(Cl)c2cccc(=O)cc21. The normalized spacial score (nSPS) is 13.9. The third-order valence-electron chi connectivity index (χ3n) is 1.88. The van der Waals surface area contributed by atoms with E-state index in [0.29, 0.717) is 16.2 Å². The van der Waals surface area contributed by atoms with E-state index in [-0.39, 0.29) is 11.2 Å². The maximum Gasteiger partial charge on any atom is 0.188 e. The van der Waals surface area contributed by atoms with Gasteiger partial charge in [-0.15, -0.1) is 0 Å². The summed E-state index contributed by atoms with van der Waals surface area (Å²) in [5, 5.41) is 0.399. The third-order valence-corrected chi connectivity index (χ3v) is 2.19. The molecule has 1 aromatic rings. The first-order valence-corrected chi connectivity index (χ1v) is 4.12. The van der Waals surface area contributed by atoms with Gasteiger partial charge in [0.2, 0.25) is 0 Å². The molecule has 1 aliphatic rings. The molecule has 2 rings (SSSR count). The Morgan fingerprint density at radius 3 is 2.62 bits per heavy atom. The molecule has 13 heavy (non-hydrogen) atoms. The van der Waals surface area contributed by atoms with E-state index >= 15 is 0 Å². The highest BCUT2D eigenvalue weighted by molar-refractivity contribution is 6.53. The van der Waals surface area contributed by atoms with Crippen LogP contribution in [0.2, 0.25) is 0 Å². The molecule has 0 fully saturated rings. The molecular formula is C10H5ClO2. The van der Waals surface area contributed by atoms with E-state index in [4.69, 9.17) is 11.6 Å². The van der Waals surface area contributed by atoms with Gasteiger partial charge in [0.25, 0.3) is 0 Å². The molecule has 64 valence electrons. The van der Waals surface area contributed by atoms with E-state index in [9.17, 15) is 9.59 Å². The van der Waals surface area contributed by atoms with Gasteiger partial charge in [-0.1, -0.05) is 23.7 Å². The fourth-order valence-electron chi connectivity index (χ4n) is 1.28. The quantitative estimate of drug-likeness (QED) is 0.629. The van der Waals surface area contributed by atoms with Crippen LogP contribution < -0.4 is 5.43 Å². The van der Waals surface area contributed by atoms with Crippen LogP contribution in [-0.2, 0) is 0 Å². The summed E-state index contributed by atoms with van der Waals surface area (Å²) >= 11 is 5.79. The van der Waals surface area contributed by atoms with Gasteiger partial charge in [0.1, 0.15) is 0 Å². The summed E-state index contributed by atoms with van der Waals surface area (Å²) in [6, 6.07) is 5.97. The molecule has 2 nitrogen and oxygen atoms in total. The van der Waals surface area contributed by atoms with Crippen LogP contribution in [-0.4, -0.2) is 5.78 Å². The van der Waals surface area contributed by atoms with Gasteiger partial charge in [-0.3, -0.25) is 9.59 Å². The highest BCUT2D eigenvalue weighted by atomic mass is 35.5. The average Bonchev–Trinajstić information content (AvgIpc) is 2.28. The summed E-state index contributed by atoms with van der Waals surface area (Å²) in [6.07, 6.45) is 1.33. The van der Waals surface area contributed by atoms with Crippen LogP contribution in [0.3, 0.4) is 0 Å². The van der Waals surface area contributed by atoms with Crippen molar-refractivity contribution >= 4 is 22.4 Å². The van der Waals surface area contributed by atoms with Crippen molar-refractivity contribution in [2.75, 3.05) is 0 Å². The predicted molar refractivity (Wildman–Crippen MR) is 50.9 cm³/mol. The van der Waals surface area contributed by atoms with Crippen LogP contribution in [0.1, 0.15) is 15.9 Å². The van der Waals surface area contributed by atoms with Crippen molar-refractivity contribution in [2.24, 2.45) is 0 Å². The zero-order chi connectivity index (χ0) is 9.42. The summed E-state index contributed by atoms with van der Waals surface area (Å²) in [5.74, 6) is -0.201.